The summed E-state index contributed by atoms with van der Waals surface area (Å²) in [5, 5.41) is 6.74. The molecule has 108 valence electrons. The smallest absolute Gasteiger partial charge is 0.265 e. The Morgan fingerprint density at radius 3 is 2.70 bits per heavy atom. The topological polar surface area (TPSA) is 97.1 Å². The van der Waals surface area contributed by atoms with E-state index in [4.69, 9.17) is 16.1 Å². The summed E-state index contributed by atoms with van der Waals surface area (Å²) in [5.41, 5.74) is 0.571. The molecule has 0 aliphatic heterocycles. The highest BCUT2D eigenvalue weighted by Gasteiger charge is 2.18. The molecule has 2 aromatic heterocycles. The Morgan fingerprint density at radius 1 is 1.40 bits per heavy atom. The molecule has 0 fully saturated rings. The fourth-order valence-electron chi connectivity index (χ4n) is 1.47. The van der Waals surface area contributed by atoms with Crippen LogP contribution in [0, 0.1) is 6.92 Å². The van der Waals surface area contributed by atoms with Crippen molar-refractivity contribution in [2.24, 2.45) is 0 Å². The van der Waals surface area contributed by atoms with Gasteiger partial charge in [-0.3, -0.25) is 0 Å². The minimum absolute atomic E-state index is 0.0365. The fourth-order valence-corrected chi connectivity index (χ4v) is 2.71. The zero-order chi connectivity index (χ0) is 14.8. The monoisotopic (exact) mass is 316 g/mol. The molecule has 0 aliphatic rings. The number of nitrogens with one attached hydrogen (secondary N) is 2. The zero-order valence-electron chi connectivity index (χ0n) is 10.8. The molecule has 2 N–H and O–H groups in total. The van der Waals surface area contributed by atoms with Crippen molar-refractivity contribution in [3.63, 3.8) is 0 Å². The molecule has 0 amide bonds. The van der Waals surface area contributed by atoms with Gasteiger partial charge in [-0.15, -0.1) is 0 Å². The SMILES string of the molecule is CCNc1ncc(S(=O)(=O)Nc2cc(C)no2)cc1Cl. The summed E-state index contributed by atoms with van der Waals surface area (Å²) in [6, 6.07) is 2.79. The van der Waals surface area contributed by atoms with Crippen LogP contribution in [0.4, 0.5) is 11.7 Å². The molecule has 0 spiro atoms. The van der Waals surface area contributed by atoms with Crippen molar-refractivity contribution >= 4 is 33.3 Å². The second kappa shape index (κ2) is 5.68. The molecule has 9 heteroatoms. The van der Waals surface area contributed by atoms with E-state index >= 15 is 0 Å². The summed E-state index contributed by atoms with van der Waals surface area (Å²) in [6.07, 6.45) is 1.22. The first kappa shape index (κ1) is 14.6. The molecular formula is C11H13ClN4O3S. The predicted octanol–water partition coefficient (Wildman–Crippen LogP) is 2.26. The van der Waals surface area contributed by atoms with E-state index in [1.807, 2.05) is 6.92 Å². The molecule has 7 nitrogen and oxygen atoms in total. The number of hydrogen-bond donors (Lipinski definition) is 2. The van der Waals surface area contributed by atoms with Crippen LogP contribution in [0.25, 0.3) is 0 Å². The van der Waals surface area contributed by atoms with Crippen LogP contribution in [-0.4, -0.2) is 25.1 Å². The zero-order valence-corrected chi connectivity index (χ0v) is 12.4. The molecule has 0 radical (unpaired) electrons. The van der Waals surface area contributed by atoms with E-state index in [0.29, 0.717) is 18.1 Å². The van der Waals surface area contributed by atoms with Gasteiger partial charge in [0.25, 0.3) is 10.0 Å². The van der Waals surface area contributed by atoms with E-state index in [2.05, 4.69) is 20.2 Å². The van der Waals surface area contributed by atoms with Gasteiger partial charge in [-0.25, -0.2) is 18.1 Å². The Morgan fingerprint density at radius 2 is 2.15 bits per heavy atom. The van der Waals surface area contributed by atoms with E-state index in [-0.39, 0.29) is 15.8 Å². The summed E-state index contributed by atoms with van der Waals surface area (Å²) >= 11 is 5.97. The highest BCUT2D eigenvalue weighted by molar-refractivity contribution is 7.92. The van der Waals surface area contributed by atoms with Crippen molar-refractivity contribution in [1.29, 1.82) is 0 Å². The van der Waals surface area contributed by atoms with E-state index in [1.165, 1.54) is 18.3 Å². The normalized spacial score (nSPS) is 11.3. The molecule has 0 aliphatic carbocycles. The summed E-state index contributed by atoms with van der Waals surface area (Å²) < 4.78 is 31.3. The first-order valence-electron chi connectivity index (χ1n) is 5.78. The van der Waals surface area contributed by atoms with Crippen LogP contribution in [0.15, 0.2) is 27.7 Å². The van der Waals surface area contributed by atoms with Crippen molar-refractivity contribution in [2.75, 3.05) is 16.6 Å². The standard InChI is InChI=1S/C11H13ClN4O3S/c1-3-13-11-9(12)5-8(6-14-11)20(17,18)16-10-4-7(2)15-19-10/h4-6,16H,3H2,1-2H3,(H,13,14). The Kier molecular flexibility index (Phi) is 4.15. The number of nitrogens with zero attached hydrogens (tertiary/aromatic N) is 2. The minimum atomic E-state index is -3.81. The summed E-state index contributed by atoms with van der Waals surface area (Å²) in [4.78, 5) is 3.92. The van der Waals surface area contributed by atoms with Gasteiger partial charge in [0, 0.05) is 18.8 Å². The van der Waals surface area contributed by atoms with E-state index < -0.39 is 10.0 Å². The molecule has 0 saturated heterocycles. The van der Waals surface area contributed by atoms with Crippen LogP contribution in [0.2, 0.25) is 5.02 Å². The summed E-state index contributed by atoms with van der Waals surface area (Å²) in [5.74, 6) is 0.470. The van der Waals surface area contributed by atoms with Gasteiger partial charge >= 0.3 is 0 Å². The second-order valence-electron chi connectivity index (χ2n) is 3.97. The summed E-state index contributed by atoms with van der Waals surface area (Å²) in [7, 11) is -3.81. The lowest BCUT2D eigenvalue weighted by Gasteiger charge is -2.08. The van der Waals surface area contributed by atoms with Gasteiger partial charge in [0.05, 0.1) is 10.7 Å². The lowest BCUT2D eigenvalue weighted by atomic mass is 10.4. The van der Waals surface area contributed by atoms with Crippen LogP contribution >= 0.6 is 11.6 Å². The number of sulfonamides is 1. The van der Waals surface area contributed by atoms with Crippen LogP contribution in [0.3, 0.4) is 0 Å². The molecule has 0 atom stereocenters. The van der Waals surface area contributed by atoms with Gasteiger partial charge in [0.2, 0.25) is 5.88 Å². The number of rotatable bonds is 5. The largest absolute Gasteiger partial charge is 0.369 e. The minimum Gasteiger partial charge on any atom is -0.369 e. The lowest BCUT2D eigenvalue weighted by Crippen LogP contribution is -2.13. The quantitative estimate of drug-likeness (QED) is 0.878. The maximum absolute atomic E-state index is 12.1. The Bertz CT molecular complexity index is 714. The van der Waals surface area contributed by atoms with Gasteiger partial charge in [-0.05, 0) is 19.9 Å². The van der Waals surface area contributed by atoms with Crippen molar-refractivity contribution < 1.29 is 12.9 Å². The average molecular weight is 317 g/mol. The fraction of sp³-hybridized carbons (Fsp3) is 0.273. The van der Waals surface area contributed by atoms with E-state index in [9.17, 15) is 8.42 Å². The lowest BCUT2D eigenvalue weighted by molar-refractivity contribution is 0.430. The molecule has 20 heavy (non-hydrogen) atoms. The van der Waals surface area contributed by atoms with E-state index in [1.54, 1.807) is 6.92 Å². The molecule has 2 rings (SSSR count). The molecule has 0 aromatic carbocycles. The summed E-state index contributed by atoms with van der Waals surface area (Å²) in [6.45, 7) is 4.20. The maximum atomic E-state index is 12.1. The van der Waals surface area contributed by atoms with Crippen molar-refractivity contribution in [3.8, 4) is 0 Å². The molecule has 0 saturated carbocycles. The second-order valence-corrected chi connectivity index (χ2v) is 6.06. The molecule has 2 aromatic rings. The van der Waals surface area contributed by atoms with Gasteiger partial charge < -0.3 is 9.84 Å². The van der Waals surface area contributed by atoms with Gasteiger partial charge in [0.1, 0.15) is 10.7 Å². The third-order valence-electron chi connectivity index (χ3n) is 2.33. The Balaban J connectivity index is 2.27. The number of anilines is 2. The molecule has 0 bridgehead atoms. The highest BCUT2D eigenvalue weighted by Crippen LogP contribution is 2.24. The van der Waals surface area contributed by atoms with Gasteiger partial charge in [0.15, 0.2) is 0 Å². The molecule has 2 heterocycles. The van der Waals surface area contributed by atoms with Crippen molar-refractivity contribution in [1.82, 2.24) is 10.1 Å². The maximum Gasteiger partial charge on any atom is 0.265 e. The number of halogens is 1. The van der Waals surface area contributed by atoms with Crippen LogP contribution in [0.1, 0.15) is 12.6 Å². The van der Waals surface area contributed by atoms with Crippen molar-refractivity contribution in [3.05, 3.63) is 29.0 Å². The number of pyridine rings is 1. The third-order valence-corrected chi connectivity index (χ3v) is 3.94. The Hall–Kier alpha value is -1.80. The number of hydrogen-bond acceptors (Lipinski definition) is 6. The number of aromatic nitrogens is 2. The van der Waals surface area contributed by atoms with Crippen LogP contribution < -0.4 is 10.0 Å². The van der Waals surface area contributed by atoms with Gasteiger partial charge in [-0.1, -0.05) is 16.8 Å². The van der Waals surface area contributed by atoms with Crippen molar-refractivity contribution in [2.45, 2.75) is 18.7 Å². The number of aryl methyl sites for hydroxylation is 1. The third kappa shape index (κ3) is 3.20. The first-order chi connectivity index (χ1) is 9.42. The molecule has 0 unspecified atom stereocenters. The van der Waals surface area contributed by atoms with Crippen LogP contribution in [-0.2, 0) is 10.0 Å². The van der Waals surface area contributed by atoms with Crippen LogP contribution in [0.5, 0.6) is 0 Å². The van der Waals surface area contributed by atoms with E-state index in [0.717, 1.165) is 0 Å². The van der Waals surface area contributed by atoms with Gasteiger partial charge in [-0.2, -0.15) is 0 Å². The highest BCUT2D eigenvalue weighted by atomic mass is 35.5. The Labute approximate surface area is 121 Å². The first-order valence-corrected chi connectivity index (χ1v) is 7.64. The average Bonchev–Trinajstić information content (AvgIpc) is 2.76. The molecular weight excluding hydrogens is 304 g/mol. The predicted molar refractivity (Wildman–Crippen MR) is 75.5 cm³/mol.